The fourth-order valence-electron chi connectivity index (χ4n) is 1.69. The third-order valence-electron chi connectivity index (χ3n) is 2.56. The summed E-state index contributed by atoms with van der Waals surface area (Å²) in [5.41, 5.74) is 0.343. The van der Waals surface area contributed by atoms with Crippen molar-refractivity contribution in [2.75, 3.05) is 19.3 Å². The zero-order valence-corrected chi connectivity index (χ0v) is 12.3. The van der Waals surface area contributed by atoms with Gasteiger partial charge in [0.2, 0.25) is 0 Å². The van der Waals surface area contributed by atoms with Gasteiger partial charge in [0.05, 0.1) is 10.6 Å². The van der Waals surface area contributed by atoms with E-state index in [1.807, 2.05) is 13.2 Å². The van der Waals surface area contributed by atoms with Crippen molar-refractivity contribution < 1.29 is 9.59 Å². The maximum Gasteiger partial charge on any atom is 0.166 e. The number of ketones is 2. The number of nitrogens with zero attached hydrogens (tertiary/aromatic N) is 1. The lowest BCUT2D eigenvalue weighted by molar-refractivity contribution is -0.119. The third kappa shape index (κ3) is 4.94. The molecule has 3 nitrogen and oxygen atoms in total. The average Bonchev–Trinajstić information content (AvgIpc) is 2.26. The van der Waals surface area contributed by atoms with Crippen LogP contribution in [0.4, 0.5) is 0 Å². The summed E-state index contributed by atoms with van der Waals surface area (Å²) in [5.74, 6) is -0.284. The van der Waals surface area contributed by atoms with Crippen molar-refractivity contribution >= 4 is 23.3 Å². The van der Waals surface area contributed by atoms with Crippen LogP contribution in [0.3, 0.4) is 0 Å². The molecule has 0 N–H and O–H groups in total. The zero-order valence-electron chi connectivity index (χ0n) is 11.5. The van der Waals surface area contributed by atoms with E-state index in [1.54, 1.807) is 0 Å². The normalized spacial score (nSPS) is 9.94. The summed E-state index contributed by atoms with van der Waals surface area (Å²) >= 11 is 1.48. The molecule has 0 rings (SSSR count). The van der Waals surface area contributed by atoms with E-state index in [-0.39, 0.29) is 11.6 Å². The number of unbranched alkanes of at least 4 members (excludes halogenated alkanes) is 1. The maximum atomic E-state index is 11.6. The molecule has 0 saturated carbocycles. The first-order valence-corrected chi connectivity index (χ1v) is 7.27. The summed E-state index contributed by atoms with van der Waals surface area (Å²) in [6.45, 7) is 8.81. The predicted molar refractivity (Wildman–Crippen MR) is 74.1 cm³/mol. The van der Waals surface area contributed by atoms with Crippen molar-refractivity contribution in [1.82, 2.24) is 4.90 Å². The molecule has 4 heteroatoms. The number of carbonyl (C=O) groups excluding carboxylic acids is 2. The van der Waals surface area contributed by atoms with Crippen LogP contribution in [0.15, 0.2) is 10.6 Å². The summed E-state index contributed by atoms with van der Waals surface area (Å²) in [6.07, 6.45) is 4.09. The molecular formula is C13H23NO2S. The topological polar surface area (TPSA) is 37.4 Å². The van der Waals surface area contributed by atoms with Gasteiger partial charge in [-0.15, -0.1) is 11.8 Å². The van der Waals surface area contributed by atoms with E-state index >= 15 is 0 Å². The van der Waals surface area contributed by atoms with Gasteiger partial charge in [0, 0.05) is 13.1 Å². The molecule has 0 aromatic heterocycles. The highest BCUT2D eigenvalue weighted by Crippen LogP contribution is 2.23. The molecule has 0 fully saturated rings. The van der Waals surface area contributed by atoms with E-state index in [0.717, 1.165) is 31.0 Å². The van der Waals surface area contributed by atoms with Crippen LogP contribution in [0, 0.1) is 0 Å². The quantitative estimate of drug-likeness (QED) is 0.381. The molecule has 0 aromatic carbocycles. The number of allylic oxidation sites excluding steroid dienone is 1. The Kier molecular flexibility index (Phi) is 7.96. The van der Waals surface area contributed by atoms with Gasteiger partial charge in [0.25, 0.3) is 0 Å². The second kappa shape index (κ2) is 8.34. The van der Waals surface area contributed by atoms with E-state index in [4.69, 9.17) is 0 Å². The Hall–Kier alpha value is -0.770. The van der Waals surface area contributed by atoms with Gasteiger partial charge in [-0.1, -0.05) is 13.3 Å². The van der Waals surface area contributed by atoms with E-state index < -0.39 is 0 Å². The zero-order chi connectivity index (χ0) is 13.4. The monoisotopic (exact) mass is 257 g/mol. The van der Waals surface area contributed by atoms with E-state index in [1.165, 1.54) is 25.6 Å². The molecule has 0 aliphatic heterocycles. The minimum atomic E-state index is -0.142. The molecule has 0 unspecified atom stereocenters. The van der Waals surface area contributed by atoms with Gasteiger partial charge in [-0.3, -0.25) is 9.59 Å². The summed E-state index contributed by atoms with van der Waals surface area (Å²) < 4.78 is 0. The van der Waals surface area contributed by atoms with Crippen LogP contribution in [0.5, 0.6) is 0 Å². The lowest BCUT2D eigenvalue weighted by Gasteiger charge is -2.26. The molecule has 0 heterocycles. The van der Waals surface area contributed by atoms with Crippen molar-refractivity contribution in [3.8, 4) is 0 Å². The van der Waals surface area contributed by atoms with Crippen molar-refractivity contribution in [2.24, 2.45) is 0 Å². The Morgan fingerprint density at radius 2 is 1.65 bits per heavy atom. The number of carbonyl (C=O) groups is 2. The first kappa shape index (κ1) is 16.2. The van der Waals surface area contributed by atoms with Crippen LogP contribution in [0.1, 0.15) is 40.5 Å². The minimum Gasteiger partial charge on any atom is -0.366 e. The van der Waals surface area contributed by atoms with Gasteiger partial charge < -0.3 is 4.90 Å². The summed E-state index contributed by atoms with van der Waals surface area (Å²) in [4.78, 5) is 25.2. The van der Waals surface area contributed by atoms with E-state index in [9.17, 15) is 9.59 Å². The number of rotatable bonds is 8. The van der Waals surface area contributed by atoms with Crippen LogP contribution in [-0.2, 0) is 9.59 Å². The summed E-state index contributed by atoms with van der Waals surface area (Å²) in [7, 11) is 0. The average molecular weight is 257 g/mol. The predicted octanol–water partition coefficient (Wildman–Crippen LogP) is 2.86. The largest absolute Gasteiger partial charge is 0.366 e. The standard InChI is InChI=1S/C13H23NO2S/c1-6-8-9-14(7-2)13(17-5)12(10(3)15)11(4)16/h6-9H2,1-5H3. The lowest BCUT2D eigenvalue weighted by atomic mass is 10.1. The molecule has 0 aliphatic carbocycles. The molecule has 0 aliphatic rings. The Labute approximate surface area is 109 Å². The van der Waals surface area contributed by atoms with Gasteiger partial charge >= 0.3 is 0 Å². The summed E-state index contributed by atoms with van der Waals surface area (Å²) in [6, 6.07) is 0. The first-order valence-electron chi connectivity index (χ1n) is 6.04. The third-order valence-corrected chi connectivity index (χ3v) is 3.41. The molecule has 0 saturated heterocycles. The molecule has 0 aromatic rings. The molecule has 0 radical (unpaired) electrons. The molecule has 98 valence electrons. The minimum absolute atomic E-state index is 0.142. The number of hydrogen-bond acceptors (Lipinski definition) is 4. The van der Waals surface area contributed by atoms with Crippen molar-refractivity contribution in [1.29, 1.82) is 0 Å². The van der Waals surface area contributed by atoms with Crippen LogP contribution in [-0.4, -0.2) is 35.8 Å². The van der Waals surface area contributed by atoms with E-state index in [2.05, 4.69) is 11.8 Å². The molecule has 0 amide bonds. The van der Waals surface area contributed by atoms with Crippen LogP contribution in [0.2, 0.25) is 0 Å². The van der Waals surface area contributed by atoms with Crippen molar-refractivity contribution in [3.05, 3.63) is 10.6 Å². The van der Waals surface area contributed by atoms with Crippen LogP contribution < -0.4 is 0 Å². The van der Waals surface area contributed by atoms with Gasteiger partial charge in [0.1, 0.15) is 0 Å². The smallest absolute Gasteiger partial charge is 0.166 e. The molecule has 0 spiro atoms. The highest BCUT2D eigenvalue weighted by Gasteiger charge is 2.19. The SMILES string of the molecule is CCCCN(CC)C(SC)=C(C(C)=O)C(C)=O. The number of hydrogen-bond donors (Lipinski definition) is 0. The molecular weight excluding hydrogens is 234 g/mol. The first-order chi connectivity index (χ1) is 7.99. The van der Waals surface area contributed by atoms with Crippen LogP contribution >= 0.6 is 11.8 Å². The van der Waals surface area contributed by atoms with Gasteiger partial charge in [-0.2, -0.15) is 0 Å². The Bertz CT molecular complexity index is 295. The lowest BCUT2D eigenvalue weighted by Crippen LogP contribution is -2.26. The fraction of sp³-hybridized carbons (Fsp3) is 0.692. The number of thioether (sulfide) groups is 1. The van der Waals surface area contributed by atoms with Gasteiger partial charge in [-0.05, 0) is 33.4 Å². The molecule has 0 bridgehead atoms. The van der Waals surface area contributed by atoms with Crippen molar-refractivity contribution in [3.63, 3.8) is 0 Å². The Morgan fingerprint density at radius 1 is 1.12 bits per heavy atom. The van der Waals surface area contributed by atoms with Gasteiger partial charge in [-0.25, -0.2) is 0 Å². The van der Waals surface area contributed by atoms with Gasteiger partial charge in [0.15, 0.2) is 11.6 Å². The van der Waals surface area contributed by atoms with Crippen LogP contribution in [0.25, 0.3) is 0 Å². The highest BCUT2D eigenvalue weighted by atomic mass is 32.2. The molecule has 0 atom stereocenters. The fourth-order valence-corrected chi connectivity index (χ4v) is 2.66. The van der Waals surface area contributed by atoms with E-state index in [0.29, 0.717) is 5.57 Å². The number of Topliss-reactive ketones (excluding diaryl/α,β-unsaturated/α-hetero) is 2. The second-order valence-corrected chi connectivity index (χ2v) is 4.72. The summed E-state index contributed by atoms with van der Waals surface area (Å²) in [5, 5.41) is 0.820. The molecule has 17 heavy (non-hydrogen) atoms. The Balaban J connectivity index is 5.27. The Morgan fingerprint density at radius 3 is 1.94 bits per heavy atom. The second-order valence-electron chi connectivity index (χ2n) is 3.93. The van der Waals surface area contributed by atoms with Crippen molar-refractivity contribution in [2.45, 2.75) is 40.5 Å². The highest BCUT2D eigenvalue weighted by molar-refractivity contribution is 8.02. The maximum absolute atomic E-state index is 11.6.